The summed E-state index contributed by atoms with van der Waals surface area (Å²) in [4.78, 5) is 14.0. The number of carbonyl (C=O) groups is 1. The van der Waals surface area contributed by atoms with Gasteiger partial charge in [0.15, 0.2) is 0 Å². The first-order valence-electron chi connectivity index (χ1n) is 6.39. The normalized spacial score (nSPS) is 10.3. The molecule has 3 nitrogen and oxygen atoms in total. The smallest absolute Gasteiger partial charge is 0.253 e. The highest BCUT2D eigenvalue weighted by molar-refractivity contribution is 6.30. The summed E-state index contributed by atoms with van der Waals surface area (Å²) >= 11 is 5.84. The summed E-state index contributed by atoms with van der Waals surface area (Å²) < 4.78 is 0. The number of halogens is 1. The Bertz CT molecular complexity index is 578. The Balaban J connectivity index is 2.05. The number of rotatable bonds is 4. The molecule has 0 atom stereocenters. The monoisotopic (exact) mass is 288 g/mol. The maximum Gasteiger partial charge on any atom is 0.253 e. The lowest BCUT2D eigenvalue weighted by atomic mass is 10.1. The van der Waals surface area contributed by atoms with E-state index in [1.807, 2.05) is 48.5 Å². The van der Waals surface area contributed by atoms with Gasteiger partial charge >= 0.3 is 0 Å². The fraction of sp³-hybridized carbons (Fsp3) is 0.188. The number of hydrogen-bond acceptors (Lipinski definition) is 2. The summed E-state index contributed by atoms with van der Waals surface area (Å²) in [5, 5.41) is 0.695. The molecule has 0 aliphatic carbocycles. The second-order valence-electron chi connectivity index (χ2n) is 4.69. The predicted octanol–water partition coefficient (Wildman–Crippen LogP) is 3.07. The fourth-order valence-electron chi connectivity index (χ4n) is 1.94. The van der Waals surface area contributed by atoms with Gasteiger partial charge < -0.3 is 10.6 Å². The average molecular weight is 289 g/mol. The van der Waals surface area contributed by atoms with Crippen LogP contribution in [0.15, 0.2) is 48.5 Å². The SMILES string of the molecule is CN(Cc1ccc(Cl)cc1)C(=O)c1ccc(CN)cc1. The van der Waals surface area contributed by atoms with Crippen LogP contribution in [0.3, 0.4) is 0 Å². The van der Waals surface area contributed by atoms with Crippen molar-refractivity contribution < 1.29 is 4.79 Å². The predicted molar refractivity (Wildman–Crippen MR) is 81.6 cm³/mol. The number of amides is 1. The standard InChI is InChI=1S/C16H17ClN2O/c1-19(11-13-4-8-15(17)9-5-13)16(20)14-6-2-12(10-18)3-7-14/h2-9H,10-11,18H2,1H3. The molecule has 0 aromatic heterocycles. The minimum absolute atomic E-state index is 0.0106. The van der Waals surface area contributed by atoms with Crippen molar-refractivity contribution in [3.8, 4) is 0 Å². The summed E-state index contributed by atoms with van der Waals surface area (Å²) in [6, 6.07) is 14.9. The number of benzene rings is 2. The van der Waals surface area contributed by atoms with Crippen molar-refractivity contribution >= 4 is 17.5 Å². The summed E-state index contributed by atoms with van der Waals surface area (Å²) in [6.07, 6.45) is 0. The Labute approximate surface area is 124 Å². The zero-order valence-corrected chi connectivity index (χ0v) is 12.1. The van der Waals surface area contributed by atoms with Crippen LogP contribution in [0.1, 0.15) is 21.5 Å². The van der Waals surface area contributed by atoms with Crippen LogP contribution in [0.4, 0.5) is 0 Å². The van der Waals surface area contributed by atoms with Crippen LogP contribution >= 0.6 is 11.6 Å². The van der Waals surface area contributed by atoms with Crippen molar-refractivity contribution in [2.45, 2.75) is 13.1 Å². The third-order valence-electron chi connectivity index (χ3n) is 3.12. The molecular weight excluding hydrogens is 272 g/mol. The summed E-state index contributed by atoms with van der Waals surface area (Å²) in [5.41, 5.74) is 8.27. The minimum atomic E-state index is -0.0106. The van der Waals surface area contributed by atoms with E-state index in [9.17, 15) is 4.79 Å². The van der Waals surface area contributed by atoms with E-state index in [4.69, 9.17) is 17.3 Å². The zero-order valence-electron chi connectivity index (χ0n) is 11.3. The van der Waals surface area contributed by atoms with Gasteiger partial charge in [0.2, 0.25) is 0 Å². The van der Waals surface area contributed by atoms with Crippen molar-refractivity contribution in [2.75, 3.05) is 7.05 Å². The number of hydrogen-bond donors (Lipinski definition) is 1. The van der Waals surface area contributed by atoms with E-state index in [2.05, 4.69) is 0 Å². The van der Waals surface area contributed by atoms with Crippen molar-refractivity contribution in [2.24, 2.45) is 5.73 Å². The van der Waals surface area contributed by atoms with Crippen molar-refractivity contribution in [3.63, 3.8) is 0 Å². The molecule has 20 heavy (non-hydrogen) atoms. The van der Waals surface area contributed by atoms with Gasteiger partial charge in [0.05, 0.1) is 0 Å². The average Bonchev–Trinajstić information content (AvgIpc) is 2.49. The van der Waals surface area contributed by atoms with E-state index in [0.29, 0.717) is 23.7 Å². The van der Waals surface area contributed by atoms with Gasteiger partial charge in [-0.25, -0.2) is 0 Å². The minimum Gasteiger partial charge on any atom is -0.337 e. The van der Waals surface area contributed by atoms with Gasteiger partial charge in [-0.1, -0.05) is 35.9 Å². The maximum absolute atomic E-state index is 12.3. The maximum atomic E-state index is 12.3. The van der Waals surface area contributed by atoms with E-state index in [-0.39, 0.29) is 5.91 Å². The number of carbonyl (C=O) groups excluding carboxylic acids is 1. The Kier molecular flexibility index (Phi) is 4.77. The Morgan fingerprint density at radius 1 is 1.05 bits per heavy atom. The van der Waals surface area contributed by atoms with Gasteiger partial charge in [-0.2, -0.15) is 0 Å². The van der Waals surface area contributed by atoms with Gasteiger partial charge in [0.1, 0.15) is 0 Å². The molecule has 0 spiro atoms. The first kappa shape index (κ1) is 14.6. The second-order valence-corrected chi connectivity index (χ2v) is 5.13. The van der Waals surface area contributed by atoms with E-state index >= 15 is 0 Å². The molecule has 0 unspecified atom stereocenters. The molecule has 4 heteroatoms. The first-order chi connectivity index (χ1) is 9.60. The number of nitrogens with zero attached hydrogens (tertiary/aromatic N) is 1. The van der Waals surface area contributed by atoms with Crippen LogP contribution in [0.25, 0.3) is 0 Å². The summed E-state index contributed by atoms with van der Waals surface area (Å²) in [7, 11) is 1.79. The topological polar surface area (TPSA) is 46.3 Å². The van der Waals surface area contributed by atoms with Gasteiger partial charge in [0.25, 0.3) is 5.91 Å². The zero-order chi connectivity index (χ0) is 14.5. The first-order valence-corrected chi connectivity index (χ1v) is 6.77. The lowest BCUT2D eigenvalue weighted by Gasteiger charge is -2.17. The van der Waals surface area contributed by atoms with Crippen LogP contribution < -0.4 is 5.73 Å². The van der Waals surface area contributed by atoms with Crippen molar-refractivity contribution in [1.29, 1.82) is 0 Å². The molecule has 1 amide bonds. The van der Waals surface area contributed by atoms with Gasteiger partial charge in [-0.05, 0) is 35.4 Å². The lowest BCUT2D eigenvalue weighted by Crippen LogP contribution is -2.26. The summed E-state index contributed by atoms with van der Waals surface area (Å²) in [5.74, 6) is -0.0106. The molecule has 2 N–H and O–H groups in total. The third-order valence-corrected chi connectivity index (χ3v) is 3.37. The highest BCUT2D eigenvalue weighted by Crippen LogP contribution is 2.13. The molecule has 0 saturated heterocycles. The quantitative estimate of drug-likeness (QED) is 0.940. The molecule has 0 saturated carbocycles. The molecule has 0 heterocycles. The molecule has 0 aliphatic rings. The highest BCUT2D eigenvalue weighted by Gasteiger charge is 2.11. The Morgan fingerprint density at radius 2 is 1.60 bits per heavy atom. The molecule has 2 rings (SSSR count). The second kappa shape index (κ2) is 6.55. The molecule has 0 bridgehead atoms. The molecule has 104 valence electrons. The van der Waals surface area contributed by atoms with Gasteiger partial charge in [0, 0.05) is 30.7 Å². The van der Waals surface area contributed by atoms with Crippen LogP contribution in [-0.2, 0) is 13.1 Å². The van der Waals surface area contributed by atoms with E-state index in [0.717, 1.165) is 11.1 Å². The third kappa shape index (κ3) is 3.59. The molecule has 0 fully saturated rings. The van der Waals surface area contributed by atoms with E-state index in [1.165, 1.54) is 0 Å². The van der Waals surface area contributed by atoms with Gasteiger partial charge in [-0.3, -0.25) is 4.79 Å². The molecule has 0 aliphatic heterocycles. The van der Waals surface area contributed by atoms with Crippen LogP contribution in [0, 0.1) is 0 Å². The fourth-order valence-corrected chi connectivity index (χ4v) is 2.07. The van der Waals surface area contributed by atoms with E-state index < -0.39 is 0 Å². The lowest BCUT2D eigenvalue weighted by molar-refractivity contribution is 0.0785. The summed E-state index contributed by atoms with van der Waals surface area (Å²) in [6.45, 7) is 1.03. The number of nitrogens with two attached hydrogens (primary N) is 1. The van der Waals surface area contributed by atoms with Crippen LogP contribution in [0.2, 0.25) is 5.02 Å². The highest BCUT2D eigenvalue weighted by atomic mass is 35.5. The Morgan fingerprint density at radius 3 is 2.15 bits per heavy atom. The molecular formula is C16H17ClN2O. The van der Waals surface area contributed by atoms with Crippen molar-refractivity contribution in [3.05, 3.63) is 70.2 Å². The molecule has 2 aromatic rings. The van der Waals surface area contributed by atoms with Crippen LogP contribution in [-0.4, -0.2) is 17.9 Å². The molecule has 2 aromatic carbocycles. The van der Waals surface area contributed by atoms with Crippen molar-refractivity contribution in [1.82, 2.24) is 4.90 Å². The van der Waals surface area contributed by atoms with E-state index in [1.54, 1.807) is 11.9 Å². The molecule has 0 radical (unpaired) electrons. The Hall–Kier alpha value is -1.84. The van der Waals surface area contributed by atoms with Crippen LogP contribution in [0.5, 0.6) is 0 Å². The van der Waals surface area contributed by atoms with Gasteiger partial charge in [-0.15, -0.1) is 0 Å². The largest absolute Gasteiger partial charge is 0.337 e.